The van der Waals surface area contributed by atoms with Crippen LogP contribution >= 0.6 is 0 Å². The van der Waals surface area contributed by atoms with Crippen molar-refractivity contribution in [3.8, 4) is 5.75 Å². The minimum absolute atomic E-state index is 0. The number of hydrogen-bond donors (Lipinski definition) is 2. The van der Waals surface area contributed by atoms with Gasteiger partial charge in [-0.15, -0.1) is 0 Å². The van der Waals surface area contributed by atoms with E-state index in [1.165, 1.54) is 6.92 Å². The Kier molecular flexibility index (Phi) is 7.54. The van der Waals surface area contributed by atoms with Gasteiger partial charge in [0.1, 0.15) is 5.75 Å². The Labute approximate surface area is 149 Å². The van der Waals surface area contributed by atoms with Crippen LogP contribution in [-0.4, -0.2) is 21.6 Å². The highest BCUT2D eigenvalue weighted by Gasteiger charge is 2.23. The number of rotatable bonds is 3. The molecule has 3 N–H and O–H groups in total. The van der Waals surface area contributed by atoms with Gasteiger partial charge in [-0.1, -0.05) is 39.0 Å². The molecular weight excluding hydrogens is 321 g/mol. The van der Waals surface area contributed by atoms with E-state index in [2.05, 4.69) is 26.3 Å². The van der Waals surface area contributed by atoms with Crippen LogP contribution in [0.5, 0.6) is 5.75 Å². The van der Waals surface area contributed by atoms with Crippen molar-refractivity contribution in [3.63, 3.8) is 0 Å². The summed E-state index contributed by atoms with van der Waals surface area (Å²) in [6.45, 7) is 7.99. The number of ether oxygens (including phenoxy) is 1. The number of nitrogens with two attached hydrogens (primary N) is 1. The van der Waals surface area contributed by atoms with Crippen LogP contribution < -0.4 is 15.8 Å². The summed E-state index contributed by atoms with van der Waals surface area (Å²) >= 11 is 0. The van der Waals surface area contributed by atoms with Crippen LogP contribution in [0.25, 0.3) is 0 Å². The molecule has 0 amide bonds. The van der Waals surface area contributed by atoms with Crippen molar-refractivity contribution < 1.29 is 9.13 Å². The summed E-state index contributed by atoms with van der Waals surface area (Å²) in [6, 6.07) is 6.02. The zero-order valence-corrected chi connectivity index (χ0v) is 14.5. The number of nitrogen functional groups attached to an aromatic ring is 1. The van der Waals surface area contributed by atoms with Crippen LogP contribution in [0.1, 0.15) is 63.8 Å². The fourth-order valence-electron chi connectivity index (χ4n) is 2.47. The van der Waals surface area contributed by atoms with Crippen LogP contribution in [-0.2, 0) is 0 Å². The predicted octanol–water partition coefficient (Wildman–Crippen LogP) is 4.39. The molecule has 25 heavy (non-hydrogen) atoms. The molecule has 0 bridgehead atoms. The SMILES string of the molecule is C.CC.Cc1ccc2c(c1)[C@H](Nc1nc(N)nc([C@@H](C)F)n1)CCO2. The van der Waals surface area contributed by atoms with Gasteiger partial charge in [0.05, 0.1) is 12.6 Å². The van der Waals surface area contributed by atoms with E-state index in [9.17, 15) is 4.39 Å². The normalized spacial score (nSPS) is 16.3. The number of fused-ring (bicyclic) bond motifs is 1. The Morgan fingerprint density at radius 2 is 2.00 bits per heavy atom. The topological polar surface area (TPSA) is 86.0 Å². The lowest BCUT2D eigenvalue weighted by molar-refractivity contribution is 0.274. The minimum Gasteiger partial charge on any atom is -0.493 e. The molecule has 0 saturated heterocycles. The maximum Gasteiger partial charge on any atom is 0.228 e. The first-order valence-corrected chi connectivity index (χ1v) is 8.18. The molecule has 1 aliphatic heterocycles. The molecule has 2 atom stereocenters. The summed E-state index contributed by atoms with van der Waals surface area (Å²) in [5.41, 5.74) is 7.81. The van der Waals surface area contributed by atoms with E-state index in [0.717, 1.165) is 23.3 Å². The van der Waals surface area contributed by atoms with Crippen LogP contribution in [0.15, 0.2) is 18.2 Å². The molecule has 0 unspecified atom stereocenters. The highest BCUT2D eigenvalue weighted by Crippen LogP contribution is 2.34. The predicted molar refractivity (Wildman–Crippen MR) is 99.5 cm³/mol. The average Bonchev–Trinajstić information content (AvgIpc) is 2.57. The number of nitrogens with one attached hydrogen (secondary N) is 1. The molecule has 3 rings (SSSR count). The molecular formula is C18H28FN5O. The maximum absolute atomic E-state index is 13.4. The Hall–Kier alpha value is -2.44. The number of aromatic nitrogens is 3. The summed E-state index contributed by atoms with van der Waals surface area (Å²) < 4.78 is 19.1. The quantitative estimate of drug-likeness (QED) is 0.854. The molecule has 0 aliphatic carbocycles. The number of halogens is 1. The second-order valence-electron chi connectivity index (χ2n) is 5.37. The van der Waals surface area contributed by atoms with Gasteiger partial charge in [0.15, 0.2) is 12.0 Å². The second kappa shape index (κ2) is 9.15. The van der Waals surface area contributed by atoms with E-state index >= 15 is 0 Å². The Morgan fingerprint density at radius 3 is 2.68 bits per heavy atom. The number of benzene rings is 1. The lowest BCUT2D eigenvalue weighted by Gasteiger charge is -2.27. The molecule has 1 aliphatic rings. The highest BCUT2D eigenvalue weighted by molar-refractivity contribution is 5.45. The molecule has 0 radical (unpaired) electrons. The van der Waals surface area contributed by atoms with Gasteiger partial charge in [-0.3, -0.25) is 0 Å². The van der Waals surface area contributed by atoms with Gasteiger partial charge in [0.25, 0.3) is 0 Å². The van der Waals surface area contributed by atoms with Crippen molar-refractivity contribution in [3.05, 3.63) is 35.2 Å². The van der Waals surface area contributed by atoms with Crippen molar-refractivity contribution in [1.29, 1.82) is 0 Å². The lowest BCUT2D eigenvalue weighted by atomic mass is 9.99. The first-order valence-electron chi connectivity index (χ1n) is 8.18. The van der Waals surface area contributed by atoms with E-state index in [1.54, 1.807) is 0 Å². The fourth-order valence-corrected chi connectivity index (χ4v) is 2.47. The number of hydrogen-bond acceptors (Lipinski definition) is 6. The largest absolute Gasteiger partial charge is 0.493 e. The Balaban J connectivity index is 0.00000101. The highest BCUT2D eigenvalue weighted by atomic mass is 19.1. The molecule has 1 aromatic carbocycles. The van der Waals surface area contributed by atoms with Gasteiger partial charge in [-0.25, -0.2) is 4.39 Å². The van der Waals surface area contributed by atoms with Crippen LogP contribution in [0, 0.1) is 6.92 Å². The average molecular weight is 349 g/mol. The summed E-state index contributed by atoms with van der Waals surface area (Å²) in [5, 5.41) is 3.21. The standard InChI is InChI=1S/C15H18FN5O.C2H6.CH4/c1-8-3-4-12-10(7-8)11(5-6-22-12)18-15-20-13(9(2)16)19-14(17)21-15;1-2;/h3-4,7,9,11H,5-6H2,1-2H3,(H3,17,18,19,20,21);1-2H3;1H4/t9-,11-;;/m1../s1. The van der Waals surface area contributed by atoms with Crippen LogP contribution in [0.2, 0.25) is 0 Å². The molecule has 138 valence electrons. The van der Waals surface area contributed by atoms with Gasteiger partial charge in [0.2, 0.25) is 11.9 Å². The van der Waals surface area contributed by atoms with Crippen molar-refractivity contribution >= 4 is 11.9 Å². The van der Waals surface area contributed by atoms with Gasteiger partial charge in [-0.05, 0) is 19.9 Å². The smallest absolute Gasteiger partial charge is 0.228 e. The Morgan fingerprint density at radius 1 is 1.28 bits per heavy atom. The minimum atomic E-state index is -1.30. The summed E-state index contributed by atoms with van der Waals surface area (Å²) in [6.07, 6.45) is -0.530. The third-order valence-electron chi connectivity index (χ3n) is 3.53. The fraction of sp³-hybridized carbons (Fsp3) is 0.500. The van der Waals surface area contributed by atoms with Gasteiger partial charge in [-0.2, -0.15) is 15.0 Å². The molecule has 6 nitrogen and oxygen atoms in total. The van der Waals surface area contributed by atoms with Gasteiger partial charge >= 0.3 is 0 Å². The van der Waals surface area contributed by atoms with E-state index in [4.69, 9.17) is 10.5 Å². The van der Waals surface area contributed by atoms with E-state index < -0.39 is 6.17 Å². The number of aryl methyl sites for hydroxylation is 1. The summed E-state index contributed by atoms with van der Waals surface area (Å²) in [7, 11) is 0. The van der Waals surface area contributed by atoms with Crippen LogP contribution in [0.4, 0.5) is 16.3 Å². The number of anilines is 2. The first-order chi connectivity index (χ1) is 11.5. The maximum atomic E-state index is 13.4. The van der Waals surface area contributed by atoms with E-state index in [1.807, 2.05) is 32.9 Å². The zero-order valence-electron chi connectivity index (χ0n) is 14.5. The van der Waals surface area contributed by atoms with Crippen LogP contribution in [0.3, 0.4) is 0 Å². The van der Waals surface area contributed by atoms with E-state index in [-0.39, 0.29) is 31.2 Å². The third-order valence-corrected chi connectivity index (χ3v) is 3.53. The molecule has 0 fully saturated rings. The molecule has 0 saturated carbocycles. The number of alkyl halides is 1. The number of nitrogens with zero attached hydrogens (tertiary/aromatic N) is 3. The zero-order chi connectivity index (χ0) is 17.7. The van der Waals surface area contributed by atoms with Crippen molar-refractivity contribution in [1.82, 2.24) is 15.0 Å². The second-order valence-corrected chi connectivity index (χ2v) is 5.37. The molecule has 2 heterocycles. The third kappa shape index (κ3) is 5.01. The van der Waals surface area contributed by atoms with Gasteiger partial charge < -0.3 is 15.8 Å². The van der Waals surface area contributed by atoms with Gasteiger partial charge in [0, 0.05) is 12.0 Å². The molecule has 2 aromatic rings. The summed E-state index contributed by atoms with van der Waals surface area (Å²) in [5.74, 6) is 1.17. The first kappa shape index (κ1) is 20.6. The van der Waals surface area contributed by atoms with Crippen molar-refractivity contribution in [2.75, 3.05) is 17.7 Å². The monoisotopic (exact) mass is 349 g/mol. The van der Waals surface area contributed by atoms with E-state index in [0.29, 0.717) is 6.61 Å². The van der Waals surface area contributed by atoms with Crippen molar-refractivity contribution in [2.24, 2.45) is 0 Å². The summed E-state index contributed by atoms with van der Waals surface area (Å²) in [4.78, 5) is 11.9. The molecule has 1 aromatic heterocycles. The Bertz CT molecular complexity index is 693. The lowest BCUT2D eigenvalue weighted by Crippen LogP contribution is -2.22. The molecule has 7 heteroatoms. The van der Waals surface area contributed by atoms with Crippen molar-refractivity contribution in [2.45, 2.75) is 53.8 Å². The molecule has 0 spiro atoms.